The predicted octanol–water partition coefficient (Wildman–Crippen LogP) is 1.99. The summed E-state index contributed by atoms with van der Waals surface area (Å²) in [5.41, 5.74) is 5.33. The number of nitro groups is 1. The average Bonchev–Trinajstić information content (AvgIpc) is 2.55. The van der Waals surface area contributed by atoms with Gasteiger partial charge in [-0.05, 0) is 29.8 Å². The molecule has 120 valence electrons. The van der Waals surface area contributed by atoms with Crippen molar-refractivity contribution >= 4 is 11.6 Å². The SMILES string of the molecule is COc1cc(CO)ccc1Oc1ccc(C(N)=O)cc1[N+](=O)[O-]. The number of hydrogen-bond acceptors (Lipinski definition) is 6. The lowest BCUT2D eigenvalue weighted by atomic mass is 10.1. The second kappa shape index (κ2) is 6.75. The number of rotatable bonds is 6. The number of aliphatic hydroxyl groups excluding tert-OH is 1. The Balaban J connectivity index is 2.44. The van der Waals surface area contributed by atoms with Crippen molar-refractivity contribution in [3.8, 4) is 17.2 Å². The first-order valence-electron chi connectivity index (χ1n) is 6.50. The smallest absolute Gasteiger partial charge is 0.312 e. The molecule has 23 heavy (non-hydrogen) atoms. The molecule has 0 bridgehead atoms. The Kier molecular flexibility index (Phi) is 4.77. The summed E-state index contributed by atoms with van der Waals surface area (Å²) >= 11 is 0. The van der Waals surface area contributed by atoms with Gasteiger partial charge in [0.05, 0.1) is 18.6 Å². The first-order valence-corrected chi connectivity index (χ1v) is 6.50. The molecule has 2 aromatic carbocycles. The number of nitrogens with zero attached hydrogens (tertiary/aromatic N) is 1. The highest BCUT2D eigenvalue weighted by Gasteiger charge is 2.19. The third kappa shape index (κ3) is 3.55. The van der Waals surface area contributed by atoms with Gasteiger partial charge in [-0.2, -0.15) is 0 Å². The van der Waals surface area contributed by atoms with E-state index < -0.39 is 16.5 Å². The van der Waals surface area contributed by atoms with Crippen molar-refractivity contribution in [3.05, 3.63) is 57.6 Å². The number of aliphatic hydroxyl groups is 1. The number of carbonyl (C=O) groups is 1. The van der Waals surface area contributed by atoms with Crippen LogP contribution in [0.15, 0.2) is 36.4 Å². The fourth-order valence-electron chi connectivity index (χ4n) is 1.91. The van der Waals surface area contributed by atoms with Gasteiger partial charge in [0.1, 0.15) is 0 Å². The highest BCUT2D eigenvalue weighted by atomic mass is 16.6. The first-order chi connectivity index (χ1) is 11.0. The van der Waals surface area contributed by atoms with Gasteiger partial charge >= 0.3 is 5.69 Å². The molecule has 0 atom stereocenters. The van der Waals surface area contributed by atoms with E-state index in [1.807, 2.05) is 0 Å². The number of nitro benzene ring substituents is 1. The quantitative estimate of drug-likeness (QED) is 0.619. The van der Waals surface area contributed by atoms with Crippen molar-refractivity contribution in [2.24, 2.45) is 5.73 Å². The van der Waals surface area contributed by atoms with Gasteiger partial charge in [0.25, 0.3) is 0 Å². The molecule has 2 aromatic rings. The zero-order chi connectivity index (χ0) is 17.0. The number of ether oxygens (including phenoxy) is 2. The molecule has 0 aliphatic carbocycles. The maximum Gasteiger partial charge on any atom is 0.312 e. The lowest BCUT2D eigenvalue weighted by Gasteiger charge is -2.12. The number of methoxy groups -OCH3 is 1. The van der Waals surface area contributed by atoms with Crippen LogP contribution in [0.2, 0.25) is 0 Å². The monoisotopic (exact) mass is 318 g/mol. The van der Waals surface area contributed by atoms with Gasteiger partial charge in [-0.15, -0.1) is 0 Å². The molecule has 2 rings (SSSR count). The average molecular weight is 318 g/mol. The lowest BCUT2D eigenvalue weighted by Crippen LogP contribution is -2.11. The van der Waals surface area contributed by atoms with Crippen molar-refractivity contribution in [1.82, 2.24) is 0 Å². The van der Waals surface area contributed by atoms with E-state index in [0.29, 0.717) is 11.3 Å². The van der Waals surface area contributed by atoms with Crippen LogP contribution in [-0.4, -0.2) is 23.0 Å². The van der Waals surface area contributed by atoms with Gasteiger partial charge in [-0.3, -0.25) is 14.9 Å². The van der Waals surface area contributed by atoms with Gasteiger partial charge in [0.15, 0.2) is 11.5 Å². The molecule has 0 unspecified atom stereocenters. The Bertz CT molecular complexity index is 760. The molecule has 0 aliphatic rings. The van der Waals surface area contributed by atoms with E-state index in [2.05, 4.69) is 0 Å². The second-order valence-electron chi connectivity index (χ2n) is 4.55. The van der Waals surface area contributed by atoms with Gasteiger partial charge in [0.2, 0.25) is 11.7 Å². The van der Waals surface area contributed by atoms with Crippen LogP contribution in [0, 0.1) is 10.1 Å². The largest absolute Gasteiger partial charge is 0.493 e. The zero-order valence-electron chi connectivity index (χ0n) is 12.2. The Labute approximate surface area is 131 Å². The van der Waals surface area contributed by atoms with E-state index in [4.69, 9.17) is 20.3 Å². The maximum absolute atomic E-state index is 11.2. The fourth-order valence-corrected chi connectivity index (χ4v) is 1.91. The van der Waals surface area contributed by atoms with Crippen molar-refractivity contribution in [2.75, 3.05) is 7.11 Å². The van der Waals surface area contributed by atoms with Gasteiger partial charge in [-0.1, -0.05) is 6.07 Å². The minimum atomic E-state index is -0.774. The molecular formula is C15H14N2O6. The summed E-state index contributed by atoms with van der Waals surface area (Å²) in [6.07, 6.45) is 0. The third-order valence-electron chi connectivity index (χ3n) is 3.07. The minimum absolute atomic E-state index is 0.00615. The number of nitrogens with two attached hydrogens (primary N) is 1. The fraction of sp³-hybridized carbons (Fsp3) is 0.133. The van der Waals surface area contributed by atoms with Crippen LogP contribution in [-0.2, 0) is 6.61 Å². The summed E-state index contributed by atoms with van der Waals surface area (Å²) in [6, 6.07) is 8.35. The number of primary amides is 1. The van der Waals surface area contributed by atoms with Crippen LogP contribution in [0.4, 0.5) is 5.69 Å². The molecule has 0 aliphatic heterocycles. The molecule has 1 amide bonds. The van der Waals surface area contributed by atoms with Crippen molar-refractivity contribution in [3.63, 3.8) is 0 Å². The second-order valence-corrected chi connectivity index (χ2v) is 4.55. The van der Waals surface area contributed by atoms with Crippen LogP contribution in [0.5, 0.6) is 17.2 Å². The third-order valence-corrected chi connectivity index (χ3v) is 3.07. The summed E-state index contributed by atoms with van der Waals surface area (Å²) in [5, 5.41) is 20.3. The van der Waals surface area contributed by atoms with Gasteiger partial charge in [0, 0.05) is 11.6 Å². The highest BCUT2D eigenvalue weighted by Crippen LogP contribution is 2.37. The summed E-state index contributed by atoms with van der Waals surface area (Å²) in [6.45, 7) is -0.176. The van der Waals surface area contributed by atoms with E-state index in [1.165, 1.54) is 25.3 Å². The van der Waals surface area contributed by atoms with Crippen LogP contribution >= 0.6 is 0 Å². The zero-order valence-corrected chi connectivity index (χ0v) is 12.2. The topological polar surface area (TPSA) is 125 Å². The molecule has 8 nitrogen and oxygen atoms in total. The van der Waals surface area contributed by atoms with Gasteiger partial charge < -0.3 is 20.3 Å². The molecule has 0 heterocycles. The summed E-state index contributed by atoms with van der Waals surface area (Å²) in [4.78, 5) is 21.6. The molecule has 0 aromatic heterocycles. The van der Waals surface area contributed by atoms with E-state index in [1.54, 1.807) is 12.1 Å². The molecule has 0 spiro atoms. The van der Waals surface area contributed by atoms with Crippen molar-refractivity contribution < 1.29 is 24.3 Å². The van der Waals surface area contributed by atoms with Crippen molar-refractivity contribution in [1.29, 1.82) is 0 Å². The van der Waals surface area contributed by atoms with E-state index in [-0.39, 0.29) is 23.7 Å². The highest BCUT2D eigenvalue weighted by molar-refractivity contribution is 5.93. The standard InChI is InChI=1S/C15H14N2O6/c1-22-14-6-9(8-18)2-4-13(14)23-12-5-3-10(15(16)19)7-11(12)17(20)21/h2-7,18H,8H2,1H3,(H2,16,19). The van der Waals surface area contributed by atoms with Gasteiger partial charge in [-0.25, -0.2) is 0 Å². The molecule has 3 N–H and O–H groups in total. The Hall–Kier alpha value is -3.13. The predicted molar refractivity (Wildman–Crippen MR) is 80.6 cm³/mol. The molecule has 0 fully saturated rings. The van der Waals surface area contributed by atoms with Crippen LogP contribution in [0.1, 0.15) is 15.9 Å². The molecule has 8 heteroatoms. The number of amides is 1. The first kappa shape index (κ1) is 16.2. The van der Waals surface area contributed by atoms with Crippen LogP contribution in [0.3, 0.4) is 0 Å². The van der Waals surface area contributed by atoms with E-state index >= 15 is 0 Å². The molecule has 0 saturated heterocycles. The molecule has 0 radical (unpaired) electrons. The van der Waals surface area contributed by atoms with Crippen molar-refractivity contribution in [2.45, 2.75) is 6.61 Å². The maximum atomic E-state index is 11.2. The Morgan fingerprint density at radius 1 is 1.22 bits per heavy atom. The van der Waals surface area contributed by atoms with E-state index in [9.17, 15) is 14.9 Å². The lowest BCUT2D eigenvalue weighted by molar-refractivity contribution is -0.385. The summed E-state index contributed by atoms with van der Waals surface area (Å²) < 4.78 is 10.7. The Morgan fingerprint density at radius 3 is 2.48 bits per heavy atom. The normalized spacial score (nSPS) is 10.2. The number of benzene rings is 2. The Morgan fingerprint density at radius 2 is 1.91 bits per heavy atom. The molecular weight excluding hydrogens is 304 g/mol. The number of hydrogen-bond donors (Lipinski definition) is 2. The number of carbonyl (C=O) groups excluding carboxylic acids is 1. The van der Waals surface area contributed by atoms with E-state index in [0.717, 1.165) is 6.07 Å². The summed E-state index contributed by atoms with van der Waals surface area (Å²) in [7, 11) is 1.41. The van der Waals surface area contributed by atoms with Crippen LogP contribution < -0.4 is 15.2 Å². The minimum Gasteiger partial charge on any atom is -0.493 e. The van der Waals surface area contributed by atoms with Crippen LogP contribution in [0.25, 0.3) is 0 Å². The molecule has 0 saturated carbocycles. The summed E-state index contributed by atoms with van der Waals surface area (Å²) in [5.74, 6) is -0.288.